The summed E-state index contributed by atoms with van der Waals surface area (Å²) in [6, 6.07) is 13.7. The van der Waals surface area contributed by atoms with Gasteiger partial charge in [0.25, 0.3) is 0 Å². The highest BCUT2D eigenvalue weighted by Crippen LogP contribution is 2.29. The monoisotopic (exact) mass is 473 g/mol. The highest BCUT2D eigenvalue weighted by molar-refractivity contribution is 5.91. The average molecular weight is 474 g/mol. The van der Waals surface area contributed by atoms with Crippen LogP contribution >= 0.6 is 0 Å². The molecule has 7 heteroatoms. The van der Waals surface area contributed by atoms with Crippen LogP contribution in [0.2, 0.25) is 0 Å². The molecule has 0 aliphatic carbocycles. The Hall–Kier alpha value is -3.84. The molecule has 0 saturated carbocycles. The summed E-state index contributed by atoms with van der Waals surface area (Å²) >= 11 is 0. The van der Waals surface area contributed by atoms with Gasteiger partial charge in [-0.25, -0.2) is 4.98 Å². The van der Waals surface area contributed by atoms with Gasteiger partial charge in [0.2, 0.25) is 5.91 Å². The van der Waals surface area contributed by atoms with E-state index < -0.39 is 0 Å². The topological polar surface area (TPSA) is 65.8 Å². The molecule has 35 heavy (non-hydrogen) atoms. The van der Waals surface area contributed by atoms with Crippen molar-refractivity contribution in [3.8, 4) is 17.2 Å². The van der Waals surface area contributed by atoms with Gasteiger partial charge in [0.05, 0.1) is 19.5 Å². The standard InChI is InChI=1S/C28H31N3O4/c1-3-16-35-26-12-8-23(18-27(26)33-2)19-31(20-25-5-4-17-34-25)28(32)13-9-22-6-10-24(11-7-22)30-15-14-29-21-30/h3,6-15,18,21,25H,1,4-5,16-17,19-20H2,2H3. The Morgan fingerprint density at radius 1 is 1.26 bits per heavy atom. The number of ether oxygens (including phenoxy) is 3. The number of carbonyl (C=O) groups excluding carboxylic acids is 1. The molecule has 1 saturated heterocycles. The summed E-state index contributed by atoms with van der Waals surface area (Å²) in [6.07, 6.45) is 12.6. The van der Waals surface area contributed by atoms with Crippen LogP contribution in [-0.4, -0.2) is 53.3 Å². The van der Waals surface area contributed by atoms with Gasteiger partial charge < -0.3 is 23.7 Å². The van der Waals surface area contributed by atoms with Crippen molar-refractivity contribution in [3.63, 3.8) is 0 Å². The van der Waals surface area contributed by atoms with Gasteiger partial charge in [0.15, 0.2) is 11.5 Å². The Labute approximate surface area is 206 Å². The van der Waals surface area contributed by atoms with Gasteiger partial charge in [0.1, 0.15) is 6.61 Å². The molecule has 2 aromatic carbocycles. The molecule has 0 radical (unpaired) electrons. The second-order valence-electron chi connectivity index (χ2n) is 8.33. The van der Waals surface area contributed by atoms with Crippen LogP contribution in [0.15, 0.2) is 79.9 Å². The first-order valence-electron chi connectivity index (χ1n) is 11.7. The fraction of sp³-hybridized carbons (Fsp3) is 0.286. The minimum atomic E-state index is -0.0647. The maximum atomic E-state index is 13.2. The van der Waals surface area contributed by atoms with Gasteiger partial charge in [0, 0.05) is 43.9 Å². The Morgan fingerprint density at radius 2 is 2.11 bits per heavy atom. The highest BCUT2D eigenvalue weighted by atomic mass is 16.5. The normalized spacial score (nSPS) is 15.3. The number of hydrogen-bond acceptors (Lipinski definition) is 5. The summed E-state index contributed by atoms with van der Waals surface area (Å²) in [4.78, 5) is 19.1. The van der Waals surface area contributed by atoms with Crippen molar-refractivity contribution >= 4 is 12.0 Å². The van der Waals surface area contributed by atoms with Crippen molar-refractivity contribution in [2.75, 3.05) is 26.9 Å². The zero-order valence-corrected chi connectivity index (χ0v) is 20.0. The molecule has 7 nitrogen and oxygen atoms in total. The van der Waals surface area contributed by atoms with Gasteiger partial charge in [-0.2, -0.15) is 0 Å². The molecule has 1 amide bonds. The number of rotatable bonds is 11. The number of carbonyl (C=O) groups is 1. The molecule has 4 rings (SSSR count). The first kappa shape index (κ1) is 24.3. The first-order chi connectivity index (χ1) is 17.2. The molecule has 1 unspecified atom stereocenters. The fourth-order valence-electron chi connectivity index (χ4n) is 4.01. The smallest absolute Gasteiger partial charge is 0.246 e. The third-order valence-electron chi connectivity index (χ3n) is 5.83. The van der Waals surface area contributed by atoms with E-state index in [1.807, 2.05) is 64.2 Å². The van der Waals surface area contributed by atoms with Gasteiger partial charge in [-0.1, -0.05) is 30.9 Å². The minimum Gasteiger partial charge on any atom is -0.493 e. The molecule has 1 aromatic heterocycles. The second-order valence-corrected chi connectivity index (χ2v) is 8.33. The summed E-state index contributed by atoms with van der Waals surface area (Å²) < 4.78 is 18.9. The lowest BCUT2D eigenvalue weighted by Gasteiger charge is -2.25. The van der Waals surface area contributed by atoms with Crippen LogP contribution < -0.4 is 9.47 Å². The van der Waals surface area contributed by atoms with Crippen LogP contribution in [0.3, 0.4) is 0 Å². The summed E-state index contributed by atoms with van der Waals surface area (Å²) in [5, 5.41) is 0. The Morgan fingerprint density at radius 3 is 2.80 bits per heavy atom. The molecule has 1 fully saturated rings. The number of hydrogen-bond donors (Lipinski definition) is 0. The van der Waals surface area contributed by atoms with E-state index in [2.05, 4.69) is 11.6 Å². The van der Waals surface area contributed by atoms with Gasteiger partial charge in [-0.15, -0.1) is 0 Å². The number of nitrogens with zero attached hydrogens (tertiary/aromatic N) is 3. The third kappa shape index (κ3) is 6.61. The molecule has 0 spiro atoms. The van der Waals surface area contributed by atoms with Gasteiger partial charge in [-0.05, 0) is 54.3 Å². The molecule has 1 atom stereocenters. The summed E-state index contributed by atoms with van der Waals surface area (Å²) in [7, 11) is 1.61. The highest BCUT2D eigenvalue weighted by Gasteiger charge is 2.22. The lowest BCUT2D eigenvalue weighted by Crippen LogP contribution is -2.35. The molecule has 0 N–H and O–H groups in total. The maximum Gasteiger partial charge on any atom is 0.246 e. The molecular formula is C28H31N3O4. The zero-order valence-electron chi connectivity index (χ0n) is 20.0. The van der Waals surface area contributed by atoms with E-state index >= 15 is 0 Å². The number of benzene rings is 2. The van der Waals surface area contributed by atoms with Crippen molar-refractivity contribution in [2.24, 2.45) is 0 Å². The van der Waals surface area contributed by atoms with E-state index in [0.717, 1.165) is 36.3 Å². The molecule has 3 aromatic rings. The lowest BCUT2D eigenvalue weighted by atomic mass is 10.1. The van der Waals surface area contributed by atoms with Crippen molar-refractivity contribution in [1.82, 2.24) is 14.5 Å². The van der Waals surface area contributed by atoms with Gasteiger partial charge in [-0.3, -0.25) is 4.79 Å². The van der Waals surface area contributed by atoms with E-state index in [4.69, 9.17) is 14.2 Å². The molecule has 182 valence electrons. The van der Waals surface area contributed by atoms with Crippen LogP contribution in [0.5, 0.6) is 11.5 Å². The van der Waals surface area contributed by atoms with Gasteiger partial charge >= 0.3 is 0 Å². The zero-order chi connectivity index (χ0) is 24.5. The summed E-state index contributed by atoms with van der Waals surface area (Å²) in [5.41, 5.74) is 2.92. The minimum absolute atomic E-state index is 0.0545. The Bertz CT molecular complexity index is 1130. The Balaban J connectivity index is 1.47. The average Bonchev–Trinajstić information content (AvgIpc) is 3.61. The molecule has 1 aliphatic heterocycles. The molecule has 2 heterocycles. The van der Waals surface area contributed by atoms with Crippen molar-refractivity contribution in [1.29, 1.82) is 0 Å². The predicted molar refractivity (Wildman–Crippen MR) is 136 cm³/mol. The molecule has 0 bridgehead atoms. The second kappa shape index (κ2) is 12.0. The van der Waals surface area contributed by atoms with E-state index in [9.17, 15) is 4.79 Å². The molecule has 1 aliphatic rings. The number of aromatic nitrogens is 2. The van der Waals surface area contributed by atoms with E-state index in [-0.39, 0.29) is 12.0 Å². The maximum absolute atomic E-state index is 13.2. The van der Waals surface area contributed by atoms with E-state index in [1.165, 1.54) is 0 Å². The van der Waals surface area contributed by atoms with Crippen LogP contribution in [-0.2, 0) is 16.1 Å². The van der Waals surface area contributed by atoms with Crippen molar-refractivity contribution in [2.45, 2.75) is 25.5 Å². The lowest BCUT2D eigenvalue weighted by molar-refractivity contribution is -0.128. The predicted octanol–water partition coefficient (Wildman–Crippen LogP) is 4.67. The van der Waals surface area contributed by atoms with Crippen LogP contribution in [0.1, 0.15) is 24.0 Å². The third-order valence-corrected chi connectivity index (χ3v) is 5.83. The quantitative estimate of drug-likeness (QED) is 0.299. The number of amides is 1. The SMILES string of the molecule is C=CCOc1ccc(CN(CC2CCCO2)C(=O)C=Cc2ccc(-n3ccnc3)cc2)cc1OC. The fourth-order valence-corrected chi connectivity index (χ4v) is 4.01. The summed E-state index contributed by atoms with van der Waals surface area (Å²) in [5.74, 6) is 1.21. The first-order valence-corrected chi connectivity index (χ1v) is 11.7. The van der Waals surface area contributed by atoms with Crippen molar-refractivity contribution in [3.05, 3.63) is 91.0 Å². The van der Waals surface area contributed by atoms with Crippen LogP contribution in [0, 0.1) is 0 Å². The van der Waals surface area contributed by atoms with Crippen LogP contribution in [0.4, 0.5) is 0 Å². The van der Waals surface area contributed by atoms with Crippen molar-refractivity contribution < 1.29 is 19.0 Å². The van der Waals surface area contributed by atoms with E-state index in [0.29, 0.717) is 31.2 Å². The summed E-state index contributed by atoms with van der Waals surface area (Å²) in [6.45, 7) is 5.81. The largest absolute Gasteiger partial charge is 0.493 e. The van der Waals surface area contributed by atoms with E-state index in [1.54, 1.807) is 31.8 Å². The number of methoxy groups -OCH3 is 1. The number of imidazole rings is 1. The molecular weight excluding hydrogens is 442 g/mol. The van der Waals surface area contributed by atoms with Crippen LogP contribution in [0.25, 0.3) is 11.8 Å². The Kier molecular flexibility index (Phi) is 8.35.